The Bertz CT molecular complexity index is 550. The van der Waals surface area contributed by atoms with Crippen LogP contribution in [0.25, 0.3) is 0 Å². The molecule has 2 nitrogen and oxygen atoms in total. The van der Waals surface area contributed by atoms with Crippen LogP contribution in [0.3, 0.4) is 0 Å². The van der Waals surface area contributed by atoms with Gasteiger partial charge in [0.1, 0.15) is 5.82 Å². The third-order valence-electron chi connectivity index (χ3n) is 3.54. The molecule has 2 aromatic rings. The molecule has 0 fully saturated rings. The van der Waals surface area contributed by atoms with Crippen LogP contribution in [0, 0.1) is 5.82 Å². The van der Waals surface area contributed by atoms with Crippen molar-refractivity contribution in [2.75, 3.05) is 13.2 Å². The van der Waals surface area contributed by atoms with Gasteiger partial charge in [-0.25, -0.2) is 4.39 Å². The SMILES string of the molecule is NCC(CO)(Cc1cc(F)cc(Br)c1)c1ccccc1. The highest BCUT2D eigenvalue weighted by Gasteiger charge is 2.30. The van der Waals surface area contributed by atoms with E-state index in [1.807, 2.05) is 36.4 Å². The van der Waals surface area contributed by atoms with Crippen LogP contribution in [0.1, 0.15) is 11.1 Å². The fourth-order valence-corrected chi connectivity index (χ4v) is 2.91. The molecule has 4 heteroatoms. The molecule has 0 aliphatic rings. The Morgan fingerprint density at radius 3 is 2.40 bits per heavy atom. The monoisotopic (exact) mass is 337 g/mol. The summed E-state index contributed by atoms with van der Waals surface area (Å²) in [4.78, 5) is 0. The van der Waals surface area contributed by atoms with Gasteiger partial charge in [-0.1, -0.05) is 46.3 Å². The van der Waals surface area contributed by atoms with E-state index in [-0.39, 0.29) is 12.4 Å². The van der Waals surface area contributed by atoms with E-state index in [4.69, 9.17) is 5.73 Å². The molecule has 0 saturated heterocycles. The minimum Gasteiger partial charge on any atom is -0.395 e. The Kier molecular flexibility index (Phi) is 4.91. The van der Waals surface area contributed by atoms with Crippen LogP contribution in [0.2, 0.25) is 0 Å². The van der Waals surface area contributed by atoms with Gasteiger partial charge in [0, 0.05) is 16.4 Å². The van der Waals surface area contributed by atoms with Crippen molar-refractivity contribution < 1.29 is 9.50 Å². The van der Waals surface area contributed by atoms with Gasteiger partial charge in [-0.2, -0.15) is 0 Å². The topological polar surface area (TPSA) is 46.2 Å². The molecule has 0 saturated carbocycles. The van der Waals surface area contributed by atoms with Crippen LogP contribution < -0.4 is 5.73 Å². The van der Waals surface area contributed by atoms with Crippen molar-refractivity contribution in [3.63, 3.8) is 0 Å². The van der Waals surface area contributed by atoms with Gasteiger partial charge in [0.15, 0.2) is 0 Å². The van der Waals surface area contributed by atoms with Crippen LogP contribution in [0.5, 0.6) is 0 Å². The summed E-state index contributed by atoms with van der Waals surface area (Å²) in [5.41, 5.74) is 7.09. The van der Waals surface area contributed by atoms with Crippen LogP contribution in [-0.4, -0.2) is 18.3 Å². The predicted octanol–water partition coefficient (Wildman–Crippen LogP) is 3.02. The quantitative estimate of drug-likeness (QED) is 0.880. The number of hydrogen-bond donors (Lipinski definition) is 2. The first-order chi connectivity index (χ1) is 9.59. The van der Waals surface area contributed by atoms with Crippen LogP contribution in [0.4, 0.5) is 4.39 Å². The molecule has 0 spiro atoms. The molecule has 3 N–H and O–H groups in total. The molecule has 0 heterocycles. The summed E-state index contributed by atoms with van der Waals surface area (Å²) in [6.07, 6.45) is 0.486. The molecular formula is C16H17BrFNO. The fraction of sp³-hybridized carbons (Fsp3) is 0.250. The van der Waals surface area contributed by atoms with Crippen molar-refractivity contribution in [2.24, 2.45) is 5.73 Å². The fourth-order valence-electron chi connectivity index (χ4n) is 2.40. The molecule has 0 radical (unpaired) electrons. The second kappa shape index (κ2) is 6.48. The van der Waals surface area contributed by atoms with Crippen molar-refractivity contribution in [2.45, 2.75) is 11.8 Å². The zero-order valence-corrected chi connectivity index (χ0v) is 12.6. The first-order valence-electron chi connectivity index (χ1n) is 6.41. The number of halogens is 2. The van der Waals surface area contributed by atoms with Crippen molar-refractivity contribution >= 4 is 15.9 Å². The summed E-state index contributed by atoms with van der Waals surface area (Å²) >= 11 is 3.29. The third kappa shape index (κ3) is 3.26. The number of hydrogen-bond acceptors (Lipinski definition) is 2. The largest absolute Gasteiger partial charge is 0.395 e. The summed E-state index contributed by atoms with van der Waals surface area (Å²) in [6, 6.07) is 14.4. The number of aliphatic hydroxyl groups is 1. The Balaban J connectivity index is 2.39. The predicted molar refractivity (Wildman–Crippen MR) is 82.1 cm³/mol. The van der Waals surface area contributed by atoms with Crippen LogP contribution in [0.15, 0.2) is 53.0 Å². The van der Waals surface area contributed by atoms with Gasteiger partial charge < -0.3 is 10.8 Å². The molecule has 0 bridgehead atoms. The second-order valence-electron chi connectivity index (χ2n) is 4.96. The van der Waals surface area contributed by atoms with E-state index in [0.717, 1.165) is 11.1 Å². The van der Waals surface area contributed by atoms with Crippen molar-refractivity contribution in [3.05, 3.63) is 69.9 Å². The van der Waals surface area contributed by atoms with E-state index >= 15 is 0 Å². The number of aliphatic hydroxyl groups excluding tert-OH is 1. The lowest BCUT2D eigenvalue weighted by Gasteiger charge is -2.31. The maximum atomic E-state index is 13.5. The molecule has 2 rings (SSSR count). The van der Waals surface area contributed by atoms with Crippen molar-refractivity contribution in [3.8, 4) is 0 Å². The molecule has 0 amide bonds. The summed E-state index contributed by atoms with van der Waals surface area (Å²) < 4.78 is 14.2. The lowest BCUT2D eigenvalue weighted by Crippen LogP contribution is -2.41. The average Bonchev–Trinajstić information content (AvgIpc) is 2.45. The Morgan fingerprint density at radius 2 is 1.85 bits per heavy atom. The van der Waals surface area contributed by atoms with Crippen LogP contribution in [-0.2, 0) is 11.8 Å². The number of rotatable bonds is 5. The van der Waals surface area contributed by atoms with E-state index in [1.54, 1.807) is 0 Å². The van der Waals surface area contributed by atoms with Gasteiger partial charge in [0.25, 0.3) is 0 Å². The zero-order chi connectivity index (χ0) is 14.6. The second-order valence-corrected chi connectivity index (χ2v) is 5.88. The normalized spacial score (nSPS) is 14.0. The third-order valence-corrected chi connectivity index (χ3v) is 4.00. The molecule has 0 aliphatic carbocycles. The van der Waals surface area contributed by atoms with Gasteiger partial charge >= 0.3 is 0 Å². The van der Waals surface area contributed by atoms with Crippen molar-refractivity contribution in [1.82, 2.24) is 0 Å². The molecule has 0 aliphatic heterocycles. The van der Waals surface area contributed by atoms with Crippen LogP contribution >= 0.6 is 15.9 Å². The van der Waals surface area contributed by atoms with E-state index in [2.05, 4.69) is 15.9 Å². The molecule has 0 aromatic heterocycles. The molecule has 1 atom stereocenters. The highest BCUT2D eigenvalue weighted by atomic mass is 79.9. The first-order valence-corrected chi connectivity index (χ1v) is 7.20. The highest BCUT2D eigenvalue weighted by Crippen LogP contribution is 2.28. The van der Waals surface area contributed by atoms with Crippen molar-refractivity contribution in [1.29, 1.82) is 0 Å². The smallest absolute Gasteiger partial charge is 0.124 e. The van der Waals surface area contributed by atoms with E-state index < -0.39 is 5.41 Å². The van der Waals surface area contributed by atoms with Gasteiger partial charge in [-0.3, -0.25) is 0 Å². The van der Waals surface area contributed by atoms with Gasteiger partial charge in [0.2, 0.25) is 0 Å². The molecular weight excluding hydrogens is 321 g/mol. The number of benzene rings is 2. The van der Waals surface area contributed by atoms with Gasteiger partial charge in [-0.05, 0) is 35.7 Å². The minimum atomic E-state index is -0.589. The maximum Gasteiger partial charge on any atom is 0.124 e. The lowest BCUT2D eigenvalue weighted by atomic mass is 9.76. The highest BCUT2D eigenvalue weighted by molar-refractivity contribution is 9.10. The Morgan fingerprint density at radius 1 is 1.15 bits per heavy atom. The molecule has 1 unspecified atom stereocenters. The average molecular weight is 338 g/mol. The number of nitrogens with two attached hydrogens (primary N) is 1. The van der Waals surface area contributed by atoms with E-state index in [0.29, 0.717) is 17.4 Å². The standard InChI is InChI=1S/C16H17BrFNO/c17-14-6-12(7-15(18)8-14)9-16(10-19,11-20)13-4-2-1-3-5-13/h1-8,20H,9-11,19H2. The Labute approximate surface area is 126 Å². The molecule has 2 aromatic carbocycles. The summed E-state index contributed by atoms with van der Waals surface area (Å²) in [7, 11) is 0. The van der Waals surface area contributed by atoms with E-state index in [9.17, 15) is 9.50 Å². The van der Waals surface area contributed by atoms with Gasteiger partial charge in [0.05, 0.1) is 6.61 Å². The molecule has 20 heavy (non-hydrogen) atoms. The summed E-state index contributed by atoms with van der Waals surface area (Å²) in [5.74, 6) is -0.300. The molecule has 106 valence electrons. The van der Waals surface area contributed by atoms with Gasteiger partial charge in [-0.15, -0.1) is 0 Å². The summed E-state index contributed by atoms with van der Waals surface area (Å²) in [5, 5.41) is 9.84. The minimum absolute atomic E-state index is 0.0817. The maximum absolute atomic E-state index is 13.5. The Hall–Kier alpha value is -1.23. The zero-order valence-electron chi connectivity index (χ0n) is 11.0. The van der Waals surface area contributed by atoms with E-state index in [1.165, 1.54) is 12.1 Å². The summed E-state index contributed by atoms with van der Waals surface area (Å²) in [6.45, 7) is 0.212. The first kappa shape index (κ1) is 15.2. The lowest BCUT2D eigenvalue weighted by molar-refractivity contribution is 0.196.